The van der Waals surface area contributed by atoms with E-state index in [4.69, 9.17) is 4.98 Å². The summed E-state index contributed by atoms with van der Waals surface area (Å²) in [6.07, 6.45) is 4.86. The van der Waals surface area contributed by atoms with Crippen LogP contribution in [0, 0.1) is 5.92 Å². The number of carbonyl (C=O) groups excluding carboxylic acids is 2. The zero-order valence-corrected chi connectivity index (χ0v) is 21.0. The van der Waals surface area contributed by atoms with E-state index in [2.05, 4.69) is 53.4 Å². The number of hydrogen-bond acceptors (Lipinski definition) is 6. The molecule has 0 saturated carbocycles. The molecule has 3 aliphatic rings. The number of hydrogen-bond donors (Lipinski definition) is 1. The number of aromatic nitrogens is 2. The maximum atomic E-state index is 13.9. The van der Waals surface area contributed by atoms with E-state index >= 15 is 0 Å². The van der Waals surface area contributed by atoms with E-state index in [1.165, 1.54) is 5.56 Å². The largest absolute Gasteiger partial charge is 0.350 e. The van der Waals surface area contributed by atoms with Crippen molar-refractivity contribution in [1.82, 2.24) is 24.7 Å². The highest BCUT2D eigenvalue weighted by molar-refractivity contribution is 5.81. The molecule has 5 rings (SSSR count). The molecule has 8 heteroatoms. The molecular formula is C27H36N6O2. The number of benzene rings is 1. The fraction of sp³-hybridized carbons (Fsp3) is 0.556. The summed E-state index contributed by atoms with van der Waals surface area (Å²) in [6, 6.07) is 10.7. The third-order valence-corrected chi connectivity index (χ3v) is 7.93. The Morgan fingerprint density at radius 1 is 1.11 bits per heavy atom. The highest BCUT2D eigenvalue weighted by Gasteiger charge is 2.39. The second-order valence-electron chi connectivity index (χ2n) is 10.5. The highest BCUT2D eigenvalue weighted by Crippen LogP contribution is 2.35. The summed E-state index contributed by atoms with van der Waals surface area (Å²) in [4.78, 5) is 41.2. The molecule has 8 nitrogen and oxygen atoms in total. The van der Waals surface area contributed by atoms with Crippen LogP contribution >= 0.6 is 0 Å². The molecule has 0 radical (unpaired) electrons. The number of rotatable bonds is 4. The third kappa shape index (κ3) is 5.03. The molecule has 2 saturated heterocycles. The van der Waals surface area contributed by atoms with Crippen LogP contribution in [0.1, 0.15) is 48.9 Å². The van der Waals surface area contributed by atoms with Gasteiger partial charge in [-0.05, 0) is 50.9 Å². The van der Waals surface area contributed by atoms with Gasteiger partial charge in [-0.15, -0.1) is 0 Å². The molecule has 2 amide bonds. The van der Waals surface area contributed by atoms with Gasteiger partial charge >= 0.3 is 0 Å². The molecule has 1 N–H and O–H groups in total. The Balaban J connectivity index is 1.32. The van der Waals surface area contributed by atoms with Crippen LogP contribution in [0.4, 0.5) is 5.95 Å². The van der Waals surface area contributed by atoms with Gasteiger partial charge in [0.25, 0.3) is 0 Å². The van der Waals surface area contributed by atoms with E-state index in [1.54, 1.807) is 4.90 Å². The van der Waals surface area contributed by atoms with Crippen molar-refractivity contribution in [2.24, 2.45) is 5.92 Å². The van der Waals surface area contributed by atoms with Crippen LogP contribution < -0.4 is 5.32 Å². The molecule has 2 fully saturated rings. The monoisotopic (exact) mass is 476 g/mol. The zero-order chi connectivity index (χ0) is 24.5. The summed E-state index contributed by atoms with van der Waals surface area (Å²) < 4.78 is 0. The number of nitrogens with zero attached hydrogens (tertiary/aromatic N) is 5. The van der Waals surface area contributed by atoms with Crippen molar-refractivity contribution in [2.45, 2.75) is 57.2 Å². The molecule has 4 heterocycles. The zero-order valence-electron chi connectivity index (χ0n) is 21.0. The molecule has 35 heavy (non-hydrogen) atoms. The highest BCUT2D eigenvalue weighted by atomic mass is 16.2. The molecule has 186 valence electrons. The van der Waals surface area contributed by atoms with E-state index in [1.807, 2.05) is 24.2 Å². The topological polar surface area (TPSA) is 81.7 Å². The third-order valence-electron chi connectivity index (χ3n) is 7.93. The molecule has 1 aromatic carbocycles. The normalized spacial score (nSPS) is 27.5. The van der Waals surface area contributed by atoms with Crippen molar-refractivity contribution in [2.75, 3.05) is 39.0 Å². The summed E-state index contributed by atoms with van der Waals surface area (Å²) in [5.41, 5.74) is 3.29. The maximum absolute atomic E-state index is 13.9. The minimum Gasteiger partial charge on any atom is -0.350 e. The molecule has 2 aromatic rings. The van der Waals surface area contributed by atoms with Crippen LogP contribution in [-0.2, 0) is 22.6 Å². The Hall–Kier alpha value is -3.00. The lowest BCUT2D eigenvalue weighted by molar-refractivity contribution is -0.141. The number of fused-ring (bicyclic) bond motifs is 1. The first-order chi connectivity index (χ1) is 16.9. The molecule has 0 bridgehead atoms. The van der Waals surface area contributed by atoms with Crippen molar-refractivity contribution in [3.8, 4) is 0 Å². The van der Waals surface area contributed by atoms with Gasteiger partial charge < -0.3 is 20.0 Å². The first-order valence-electron chi connectivity index (χ1n) is 12.8. The van der Waals surface area contributed by atoms with Crippen LogP contribution in [0.15, 0.2) is 36.5 Å². The summed E-state index contributed by atoms with van der Waals surface area (Å²) in [7, 11) is 3.97. The Morgan fingerprint density at radius 3 is 2.69 bits per heavy atom. The molecule has 4 atom stereocenters. The van der Waals surface area contributed by atoms with Crippen LogP contribution in [0.2, 0.25) is 0 Å². The Morgan fingerprint density at radius 2 is 1.91 bits per heavy atom. The molecule has 1 aromatic heterocycles. The average molecular weight is 477 g/mol. The molecule has 0 unspecified atom stereocenters. The fourth-order valence-electron chi connectivity index (χ4n) is 5.83. The summed E-state index contributed by atoms with van der Waals surface area (Å²) >= 11 is 0. The van der Waals surface area contributed by atoms with Crippen LogP contribution in [0.25, 0.3) is 0 Å². The number of amides is 2. The van der Waals surface area contributed by atoms with Crippen LogP contribution in [0.3, 0.4) is 0 Å². The van der Waals surface area contributed by atoms with E-state index in [9.17, 15) is 9.59 Å². The molecule has 3 aliphatic heterocycles. The standard InChI is InChI=1S/C27H36N6O2/c1-18-13-20-14-28-27(29-21-9-10-25(34)32(3)15-21)30-24(20)17-33(18)26(35)22-11-12-31(2)16-23(22)19-7-5-4-6-8-19/h4-8,14,18,21-23H,9-13,15-17H2,1-3H3,(H,28,29,30)/t18-,21+,22+,23-/m1/s1. The predicted octanol–water partition coefficient (Wildman–Crippen LogP) is 2.52. The van der Waals surface area contributed by atoms with E-state index in [0.717, 1.165) is 43.6 Å². The van der Waals surface area contributed by atoms with Gasteiger partial charge in [0.1, 0.15) is 0 Å². The summed E-state index contributed by atoms with van der Waals surface area (Å²) in [6.45, 7) is 5.14. The van der Waals surface area contributed by atoms with Crippen molar-refractivity contribution in [3.63, 3.8) is 0 Å². The fourth-order valence-corrected chi connectivity index (χ4v) is 5.83. The van der Waals surface area contributed by atoms with Gasteiger partial charge in [-0.1, -0.05) is 30.3 Å². The second kappa shape index (κ2) is 9.93. The lowest BCUT2D eigenvalue weighted by Crippen LogP contribution is -2.50. The lowest BCUT2D eigenvalue weighted by atomic mass is 9.79. The van der Waals surface area contributed by atoms with Crippen molar-refractivity contribution >= 4 is 17.8 Å². The first kappa shape index (κ1) is 23.7. The number of anilines is 1. The van der Waals surface area contributed by atoms with E-state index in [0.29, 0.717) is 25.5 Å². The molecule has 0 aliphatic carbocycles. The van der Waals surface area contributed by atoms with Gasteiger partial charge in [-0.3, -0.25) is 9.59 Å². The van der Waals surface area contributed by atoms with Crippen molar-refractivity contribution < 1.29 is 9.59 Å². The van der Waals surface area contributed by atoms with Gasteiger partial charge in [-0.25, -0.2) is 9.97 Å². The van der Waals surface area contributed by atoms with Crippen molar-refractivity contribution in [3.05, 3.63) is 53.3 Å². The van der Waals surface area contributed by atoms with E-state index < -0.39 is 0 Å². The summed E-state index contributed by atoms with van der Waals surface area (Å²) in [5.74, 6) is 1.18. The molecule has 0 spiro atoms. The number of likely N-dealkylation sites (N-methyl/N-ethyl adjacent to an activating group) is 2. The number of nitrogens with one attached hydrogen (secondary N) is 1. The van der Waals surface area contributed by atoms with Gasteiger partial charge in [0.15, 0.2) is 0 Å². The Labute approximate surface area is 207 Å². The van der Waals surface area contributed by atoms with Crippen LogP contribution in [-0.4, -0.2) is 82.3 Å². The van der Waals surface area contributed by atoms with Crippen LogP contribution in [0.5, 0.6) is 0 Å². The SMILES string of the molecule is C[C@@H]1Cc2cnc(N[C@H]3CCC(=O)N(C)C3)nc2CN1C(=O)[C@H]1CCN(C)C[C@@H]1c1ccccc1. The predicted molar refractivity (Wildman–Crippen MR) is 135 cm³/mol. The maximum Gasteiger partial charge on any atom is 0.227 e. The minimum atomic E-state index is -0.0210. The van der Waals surface area contributed by atoms with Crippen molar-refractivity contribution in [1.29, 1.82) is 0 Å². The van der Waals surface area contributed by atoms with Gasteiger partial charge in [-0.2, -0.15) is 0 Å². The number of piperidine rings is 2. The second-order valence-corrected chi connectivity index (χ2v) is 10.5. The first-order valence-corrected chi connectivity index (χ1v) is 12.8. The van der Waals surface area contributed by atoms with Gasteiger partial charge in [0.2, 0.25) is 17.8 Å². The van der Waals surface area contributed by atoms with Gasteiger partial charge in [0, 0.05) is 56.7 Å². The summed E-state index contributed by atoms with van der Waals surface area (Å²) in [5, 5.41) is 3.41. The molecular weight excluding hydrogens is 440 g/mol. The minimum absolute atomic E-state index is 0.0210. The smallest absolute Gasteiger partial charge is 0.227 e. The number of carbonyl (C=O) groups is 2. The average Bonchev–Trinajstić information content (AvgIpc) is 2.86. The Bertz CT molecular complexity index is 1080. The van der Waals surface area contributed by atoms with E-state index in [-0.39, 0.29) is 35.7 Å². The quantitative estimate of drug-likeness (QED) is 0.730. The number of likely N-dealkylation sites (tertiary alicyclic amines) is 2. The van der Waals surface area contributed by atoms with Gasteiger partial charge in [0.05, 0.1) is 12.2 Å². The Kier molecular flexibility index (Phi) is 6.73. The lowest BCUT2D eigenvalue weighted by Gasteiger charge is -2.42.